The maximum Gasteiger partial charge on any atom is 0.263 e. The summed E-state index contributed by atoms with van der Waals surface area (Å²) in [6.07, 6.45) is 2.10. The Hall–Kier alpha value is -2.98. The molecule has 0 aliphatic heterocycles. The number of fused-ring (bicyclic) bond motifs is 1. The van der Waals surface area contributed by atoms with Crippen LogP contribution < -0.4 is 10.9 Å². The van der Waals surface area contributed by atoms with Crippen LogP contribution in [0.5, 0.6) is 0 Å². The average Bonchev–Trinajstić information content (AvgIpc) is 3.35. The first-order valence-corrected chi connectivity index (χ1v) is 10.5. The smallest absolute Gasteiger partial charge is 0.263 e. The van der Waals surface area contributed by atoms with Gasteiger partial charge in [0.15, 0.2) is 0 Å². The van der Waals surface area contributed by atoms with Crippen LogP contribution in [0.15, 0.2) is 40.8 Å². The van der Waals surface area contributed by atoms with E-state index < -0.39 is 6.04 Å². The molecule has 0 aliphatic rings. The molecule has 29 heavy (non-hydrogen) atoms. The molecule has 1 amide bonds. The van der Waals surface area contributed by atoms with Crippen LogP contribution in [-0.4, -0.2) is 25.7 Å². The summed E-state index contributed by atoms with van der Waals surface area (Å²) in [6, 6.07) is 5.12. The summed E-state index contributed by atoms with van der Waals surface area (Å²) >= 11 is 2.63. The Kier molecular flexibility index (Phi) is 5.20. The second kappa shape index (κ2) is 7.80. The Morgan fingerprint density at radius 2 is 2.03 bits per heavy atom. The van der Waals surface area contributed by atoms with Gasteiger partial charge in [0.1, 0.15) is 21.7 Å². The number of hydrogen-bond donors (Lipinski definition) is 1. The summed E-state index contributed by atoms with van der Waals surface area (Å²) in [5.41, 5.74) is 1.05. The lowest BCUT2D eigenvalue weighted by Crippen LogP contribution is -2.31. The number of benzene rings is 1. The van der Waals surface area contributed by atoms with E-state index in [-0.39, 0.29) is 17.3 Å². The van der Waals surface area contributed by atoms with Crippen molar-refractivity contribution in [3.8, 4) is 11.1 Å². The third kappa shape index (κ3) is 3.68. The molecule has 3 aromatic heterocycles. The quantitative estimate of drug-likeness (QED) is 0.520. The molecule has 0 radical (unpaired) electrons. The normalized spacial score (nSPS) is 12.2. The summed E-state index contributed by atoms with van der Waals surface area (Å²) < 4.78 is 14.5. The van der Waals surface area contributed by atoms with E-state index in [4.69, 9.17) is 0 Å². The van der Waals surface area contributed by atoms with Crippen molar-refractivity contribution in [2.75, 3.05) is 5.32 Å². The molecule has 148 valence electrons. The summed E-state index contributed by atoms with van der Waals surface area (Å²) in [7, 11) is 0. The van der Waals surface area contributed by atoms with Gasteiger partial charge in [0.2, 0.25) is 11.0 Å². The number of carbonyl (C=O) groups is 1. The van der Waals surface area contributed by atoms with Crippen LogP contribution >= 0.6 is 22.7 Å². The summed E-state index contributed by atoms with van der Waals surface area (Å²) in [5.74, 6) is -0.734. The Morgan fingerprint density at radius 1 is 1.28 bits per heavy atom. The van der Waals surface area contributed by atoms with Crippen LogP contribution in [-0.2, 0) is 11.2 Å². The number of halogens is 1. The minimum absolute atomic E-state index is 0.329. The van der Waals surface area contributed by atoms with E-state index in [1.54, 1.807) is 19.1 Å². The van der Waals surface area contributed by atoms with Crippen LogP contribution in [0.2, 0.25) is 0 Å². The van der Waals surface area contributed by atoms with Crippen molar-refractivity contribution in [3.05, 3.63) is 57.2 Å². The van der Waals surface area contributed by atoms with Gasteiger partial charge in [-0.15, -0.1) is 21.5 Å². The van der Waals surface area contributed by atoms with E-state index in [2.05, 4.69) is 20.5 Å². The molecule has 4 aromatic rings. The monoisotopic (exact) mass is 429 g/mol. The molecule has 0 bridgehead atoms. The van der Waals surface area contributed by atoms with Gasteiger partial charge in [-0.1, -0.05) is 30.4 Å². The van der Waals surface area contributed by atoms with E-state index in [0.717, 1.165) is 11.4 Å². The van der Waals surface area contributed by atoms with Gasteiger partial charge in [0.05, 0.1) is 11.7 Å². The molecule has 0 saturated carbocycles. The molecule has 1 atom stereocenters. The van der Waals surface area contributed by atoms with Gasteiger partial charge in [0.25, 0.3) is 5.56 Å². The molecule has 0 saturated heterocycles. The predicted octanol–water partition coefficient (Wildman–Crippen LogP) is 3.88. The highest BCUT2D eigenvalue weighted by molar-refractivity contribution is 7.17. The number of aromatic nitrogens is 4. The number of thiophene rings is 1. The van der Waals surface area contributed by atoms with E-state index in [1.807, 2.05) is 12.3 Å². The van der Waals surface area contributed by atoms with Crippen LogP contribution in [0.1, 0.15) is 24.9 Å². The van der Waals surface area contributed by atoms with Crippen molar-refractivity contribution in [1.29, 1.82) is 0 Å². The maximum absolute atomic E-state index is 13.3. The van der Waals surface area contributed by atoms with Gasteiger partial charge < -0.3 is 0 Å². The van der Waals surface area contributed by atoms with Crippen molar-refractivity contribution in [2.24, 2.45) is 0 Å². The topological polar surface area (TPSA) is 89.8 Å². The minimum Gasteiger partial charge on any atom is -0.299 e. The van der Waals surface area contributed by atoms with Crippen LogP contribution in [0, 0.1) is 5.82 Å². The molecular formula is C19H16FN5O2S2. The summed E-state index contributed by atoms with van der Waals surface area (Å²) in [5, 5.41) is 14.0. The molecule has 0 spiro atoms. The lowest BCUT2D eigenvalue weighted by atomic mass is 10.1. The van der Waals surface area contributed by atoms with Gasteiger partial charge >= 0.3 is 0 Å². The van der Waals surface area contributed by atoms with Crippen molar-refractivity contribution in [3.63, 3.8) is 0 Å². The standard InChI is InChI=1S/C19H16FN5O2S2/c1-3-14-23-24-19(29-14)22-16(26)10(2)25-9-21-17-15(18(25)27)13(8-28-17)11-4-6-12(20)7-5-11/h4-10H,3H2,1-2H3,(H,22,24,26). The van der Waals surface area contributed by atoms with E-state index >= 15 is 0 Å². The second-order valence-electron chi connectivity index (χ2n) is 6.31. The first-order valence-electron chi connectivity index (χ1n) is 8.85. The molecule has 0 aliphatic carbocycles. The third-order valence-corrected chi connectivity index (χ3v) is 6.34. The molecule has 10 heteroatoms. The molecular weight excluding hydrogens is 413 g/mol. The minimum atomic E-state index is -0.797. The Balaban J connectivity index is 1.69. The fraction of sp³-hybridized carbons (Fsp3) is 0.211. The third-order valence-electron chi connectivity index (χ3n) is 4.47. The molecule has 1 unspecified atom stereocenters. The summed E-state index contributed by atoms with van der Waals surface area (Å²) in [4.78, 5) is 30.7. The highest BCUT2D eigenvalue weighted by Crippen LogP contribution is 2.31. The molecule has 3 heterocycles. The zero-order valence-electron chi connectivity index (χ0n) is 15.5. The van der Waals surface area contributed by atoms with Crippen molar-refractivity contribution < 1.29 is 9.18 Å². The first-order chi connectivity index (χ1) is 14.0. The average molecular weight is 430 g/mol. The van der Waals surface area contributed by atoms with Crippen molar-refractivity contribution in [1.82, 2.24) is 19.7 Å². The van der Waals surface area contributed by atoms with E-state index in [1.165, 1.54) is 45.7 Å². The van der Waals surface area contributed by atoms with Gasteiger partial charge in [-0.25, -0.2) is 9.37 Å². The SMILES string of the molecule is CCc1nnc(NC(=O)C(C)n2cnc3scc(-c4ccc(F)cc4)c3c2=O)s1. The lowest BCUT2D eigenvalue weighted by Gasteiger charge is -2.13. The molecule has 1 N–H and O–H groups in total. The zero-order chi connectivity index (χ0) is 20.5. The first kappa shape index (κ1) is 19.3. The number of nitrogens with zero attached hydrogens (tertiary/aromatic N) is 4. The second-order valence-corrected chi connectivity index (χ2v) is 8.23. The molecule has 7 nitrogen and oxygen atoms in total. The highest BCUT2D eigenvalue weighted by Gasteiger charge is 2.21. The lowest BCUT2D eigenvalue weighted by molar-refractivity contribution is -0.118. The Bertz CT molecular complexity index is 1250. The van der Waals surface area contributed by atoms with E-state index in [0.29, 0.717) is 26.5 Å². The van der Waals surface area contributed by atoms with Crippen LogP contribution in [0.4, 0.5) is 9.52 Å². The predicted molar refractivity (Wildman–Crippen MR) is 112 cm³/mol. The van der Waals surface area contributed by atoms with Crippen molar-refractivity contribution in [2.45, 2.75) is 26.3 Å². The van der Waals surface area contributed by atoms with Crippen LogP contribution in [0.3, 0.4) is 0 Å². The van der Waals surface area contributed by atoms with E-state index in [9.17, 15) is 14.0 Å². The maximum atomic E-state index is 13.3. The molecule has 4 rings (SSSR count). The van der Waals surface area contributed by atoms with Gasteiger partial charge in [-0.2, -0.15) is 0 Å². The largest absolute Gasteiger partial charge is 0.299 e. The highest BCUT2D eigenvalue weighted by atomic mass is 32.1. The number of hydrogen-bond acceptors (Lipinski definition) is 7. The van der Waals surface area contributed by atoms with Gasteiger partial charge in [0, 0.05) is 10.9 Å². The molecule has 1 aromatic carbocycles. The fourth-order valence-corrected chi connectivity index (χ4v) is 4.44. The number of carbonyl (C=O) groups excluding carboxylic acids is 1. The number of rotatable bonds is 5. The number of nitrogens with one attached hydrogen (secondary N) is 1. The van der Waals surface area contributed by atoms with Gasteiger partial charge in [-0.05, 0) is 31.0 Å². The molecule has 0 fully saturated rings. The zero-order valence-corrected chi connectivity index (χ0v) is 17.2. The number of aryl methyl sites for hydroxylation is 1. The number of amides is 1. The van der Waals surface area contributed by atoms with Crippen molar-refractivity contribution >= 4 is 43.9 Å². The fourth-order valence-electron chi connectivity index (χ4n) is 2.85. The van der Waals surface area contributed by atoms with Crippen LogP contribution in [0.25, 0.3) is 21.3 Å². The summed E-state index contributed by atoms with van der Waals surface area (Å²) in [6.45, 7) is 3.57. The number of anilines is 1. The Morgan fingerprint density at radius 3 is 2.72 bits per heavy atom. The Labute approximate surface area is 172 Å². The van der Waals surface area contributed by atoms with Gasteiger partial charge in [-0.3, -0.25) is 19.5 Å².